The number of nitrogens with one attached hydrogen (secondary N) is 1. The minimum atomic E-state index is -0.285. The van der Waals surface area contributed by atoms with Gasteiger partial charge in [-0.25, -0.2) is 4.39 Å². The molecule has 0 aromatic heterocycles. The van der Waals surface area contributed by atoms with Crippen molar-refractivity contribution in [2.24, 2.45) is 0 Å². The molecule has 2 aromatic rings. The van der Waals surface area contributed by atoms with Crippen LogP contribution in [0.5, 0.6) is 11.5 Å². The van der Waals surface area contributed by atoms with E-state index in [2.05, 4.69) is 5.32 Å². The second-order valence-corrected chi connectivity index (χ2v) is 5.16. The molecule has 0 aliphatic rings. The zero-order valence-corrected chi connectivity index (χ0v) is 12.3. The molecule has 4 heteroatoms. The van der Waals surface area contributed by atoms with Crippen molar-refractivity contribution in [2.75, 3.05) is 0 Å². The van der Waals surface area contributed by atoms with Crippen LogP contribution in [0.25, 0.3) is 0 Å². The van der Waals surface area contributed by atoms with Gasteiger partial charge in [-0.15, -0.1) is 0 Å². The third-order valence-corrected chi connectivity index (χ3v) is 3.10. The molecule has 21 heavy (non-hydrogen) atoms. The van der Waals surface area contributed by atoms with Crippen molar-refractivity contribution in [1.82, 2.24) is 5.32 Å². The summed E-state index contributed by atoms with van der Waals surface area (Å²) in [7, 11) is 0. The molecule has 0 heterocycles. The third-order valence-electron chi connectivity index (χ3n) is 3.10. The van der Waals surface area contributed by atoms with Crippen molar-refractivity contribution < 1.29 is 14.2 Å². The Bertz CT molecular complexity index is 582. The Labute approximate surface area is 124 Å². The maximum atomic E-state index is 14.0. The quantitative estimate of drug-likeness (QED) is 0.853. The summed E-state index contributed by atoms with van der Waals surface area (Å²) in [6.07, 6.45) is 0. The largest absolute Gasteiger partial charge is 0.457 e. The molecule has 0 atom stereocenters. The van der Waals surface area contributed by atoms with E-state index in [0.29, 0.717) is 23.6 Å². The minimum absolute atomic E-state index is 0.0101. The Balaban J connectivity index is 2.19. The molecular formula is C17H20FNO2. The number of benzene rings is 2. The monoisotopic (exact) mass is 289 g/mol. The Morgan fingerprint density at radius 2 is 1.86 bits per heavy atom. The topological polar surface area (TPSA) is 41.5 Å². The molecule has 0 bridgehead atoms. The van der Waals surface area contributed by atoms with Gasteiger partial charge in [-0.2, -0.15) is 0 Å². The van der Waals surface area contributed by atoms with Crippen molar-refractivity contribution in [3.63, 3.8) is 0 Å². The molecular weight excluding hydrogens is 269 g/mol. The predicted octanol–water partition coefficient (Wildman–Crippen LogP) is 3.61. The summed E-state index contributed by atoms with van der Waals surface area (Å²) < 4.78 is 19.7. The van der Waals surface area contributed by atoms with E-state index in [1.54, 1.807) is 36.4 Å². The lowest BCUT2D eigenvalue weighted by Gasteiger charge is -2.14. The average molecular weight is 289 g/mol. The fraction of sp³-hybridized carbons (Fsp3) is 0.294. The van der Waals surface area contributed by atoms with Crippen LogP contribution >= 0.6 is 0 Å². The van der Waals surface area contributed by atoms with Gasteiger partial charge < -0.3 is 15.2 Å². The van der Waals surface area contributed by atoms with E-state index in [4.69, 9.17) is 9.84 Å². The fourth-order valence-electron chi connectivity index (χ4n) is 1.90. The van der Waals surface area contributed by atoms with Crippen LogP contribution in [-0.4, -0.2) is 11.1 Å². The van der Waals surface area contributed by atoms with Gasteiger partial charge in [0.2, 0.25) is 0 Å². The van der Waals surface area contributed by atoms with Crippen LogP contribution in [-0.2, 0) is 13.2 Å². The summed E-state index contributed by atoms with van der Waals surface area (Å²) in [6, 6.07) is 12.2. The van der Waals surface area contributed by atoms with Crippen molar-refractivity contribution >= 4 is 0 Å². The number of halogens is 1. The molecule has 2 rings (SSSR count). The predicted molar refractivity (Wildman–Crippen MR) is 80.8 cm³/mol. The lowest BCUT2D eigenvalue weighted by molar-refractivity contribution is 0.281. The van der Waals surface area contributed by atoms with E-state index < -0.39 is 0 Å². The standard InChI is InChI=1S/C17H20FNO2/c1-12(2)19-10-15-16(18)4-3-5-17(15)21-14-8-6-13(11-20)7-9-14/h3-9,12,19-20H,10-11H2,1-2H3. The first-order valence-corrected chi connectivity index (χ1v) is 6.98. The molecule has 2 aromatic carbocycles. The Kier molecular flexibility index (Phi) is 5.31. The minimum Gasteiger partial charge on any atom is -0.457 e. The molecule has 0 unspecified atom stereocenters. The van der Waals surface area contributed by atoms with E-state index in [9.17, 15) is 4.39 Å². The normalized spacial score (nSPS) is 10.9. The molecule has 0 spiro atoms. The van der Waals surface area contributed by atoms with Crippen LogP contribution in [0.2, 0.25) is 0 Å². The molecule has 0 amide bonds. The Hall–Kier alpha value is -1.91. The van der Waals surface area contributed by atoms with Gasteiger partial charge in [0.05, 0.1) is 6.61 Å². The highest BCUT2D eigenvalue weighted by atomic mass is 19.1. The van der Waals surface area contributed by atoms with E-state index in [1.165, 1.54) is 6.07 Å². The lowest BCUT2D eigenvalue weighted by atomic mass is 10.1. The molecule has 112 valence electrons. The second-order valence-electron chi connectivity index (χ2n) is 5.16. The summed E-state index contributed by atoms with van der Waals surface area (Å²) >= 11 is 0. The first-order chi connectivity index (χ1) is 10.1. The van der Waals surface area contributed by atoms with Crippen LogP contribution < -0.4 is 10.1 Å². The summed E-state index contributed by atoms with van der Waals surface area (Å²) in [5, 5.41) is 12.2. The van der Waals surface area contributed by atoms with Crippen molar-refractivity contribution in [3.05, 3.63) is 59.4 Å². The van der Waals surface area contributed by atoms with E-state index in [1.807, 2.05) is 13.8 Å². The van der Waals surface area contributed by atoms with Gasteiger partial charge in [0.15, 0.2) is 0 Å². The number of rotatable bonds is 6. The van der Waals surface area contributed by atoms with Gasteiger partial charge in [0.1, 0.15) is 17.3 Å². The lowest BCUT2D eigenvalue weighted by Crippen LogP contribution is -2.22. The van der Waals surface area contributed by atoms with Gasteiger partial charge >= 0.3 is 0 Å². The average Bonchev–Trinajstić information content (AvgIpc) is 2.47. The number of aliphatic hydroxyl groups excluding tert-OH is 1. The molecule has 0 saturated carbocycles. The van der Waals surface area contributed by atoms with Gasteiger partial charge in [0, 0.05) is 18.2 Å². The SMILES string of the molecule is CC(C)NCc1c(F)cccc1Oc1ccc(CO)cc1. The molecule has 0 aliphatic carbocycles. The van der Waals surface area contributed by atoms with Crippen LogP contribution in [0, 0.1) is 5.82 Å². The number of aliphatic hydroxyl groups is 1. The van der Waals surface area contributed by atoms with E-state index >= 15 is 0 Å². The van der Waals surface area contributed by atoms with Crippen LogP contribution in [0.15, 0.2) is 42.5 Å². The Morgan fingerprint density at radius 3 is 2.48 bits per heavy atom. The highest BCUT2D eigenvalue weighted by Crippen LogP contribution is 2.27. The second kappa shape index (κ2) is 7.20. The van der Waals surface area contributed by atoms with Crippen molar-refractivity contribution in [2.45, 2.75) is 33.0 Å². The summed E-state index contributed by atoms with van der Waals surface area (Å²) in [4.78, 5) is 0. The first-order valence-electron chi connectivity index (χ1n) is 6.98. The molecule has 0 fully saturated rings. The maximum Gasteiger partial charge on any atom is 0.134 e. The van der Waals surface area contributed by atoms with E-state index in [0.717, 1.165) is 5.56 Å². The third kappa shape index (κ3) is 4.28. The fourth-order valence-corrected chi connectivity index (χ4v) is 1.90. The van der Waals surface area contributed by atoms with Crippen LogP contribution in [0.3, 0.4) is 0 Å². The Morgan fingerprint density at radius 1 is 1.14 bits per heavy atom. The van der Waals surface area contributed by atoms with Gasteiger partial charge in [-0.05, 0) is 29.8 Å². The summed E-state index contributed by atoms with van der Waals surface area (Å²) in [6.45, 7) is 4.42. The first kappa shape index (κ1) is 15.5. The van der Waals surface area contributed by atoms with Gasteiger partial charge in [0.25, 0.3) is 0 Å². The molecule has 2 N–H and O–H groups in total. The number of hydrogen-bond donors (Lipinski definition) is 2. The van der Waals surface area contributed by atoms with Crippen LogP contribution in [0.4, 0.5) is 4.39 Å². The molecule has 0 aliphatic heterocycles. The van der Waals surface area contributed by atoms with Crippen molar-refractivity contribution in [3.8, 4) is 11.5 Å². The molecule has 0 radical (unpaired) electrons. The summed E-state index contributed by atoms with van der Waals surface area (Å²) in [5.74, 6) is 0.830. The zero-order chi connectivity index (χ0) is 15.2. The summed E-state index contributed by atoms with van der Waals surface area (Å²) in [5.41, 5.74) is 1.32. The van der Waals surface area contributed by atoms with Crippen molar-refractivity contribution in [1.29, 1.82) is 0 Å². The van der Waals surface area contributed by atoms with Gasteiger partial charge in [-0.1, -0.05) is 32.0 Å². The zero-order valence-electron chi connectivity index (χ0n) is 12.3. The van der Waals surface area contributed by atoms with Crippen LogP contribution in [0.1, 0.15) is 25.0 Å². The highest BCUT2D eigenvalue weighted by molar-refractivity contribution is 5.39. The molecule has 3 nitrogen and oxygen atoms in total. The van der Waals surface area contributed by atoms with E-state index in [-0.39, 0.29) is 18.5 Å². The van der Waals surface area contributed by atoms with Gasteiger partial charge in [-0.3, -0.25) is 0 Å². The number of ether oxygens (including phenoxy) is 1. The maximum absolute atomic E-state index is 14.0. The smallest absolute Gasteiger partial charge is 0.134 e. The number of hydrogen-bond acceptors (Lipinski definition) is 3. The highest BCUT2D eigenvalue weighted by Gasteiger charge is 2.11. The molecule has 0 saturated heterocycles.